The Morgan fingerprint density at radius 1 is 1.27 bits per heavy atom. The third-order valence-electron chi connectivity index (χ3n) is 4.96. The monoisotopic (exact) mass is 308 g/mol. The third-order valence-corrected chi connectivity index (χ3v) is 4.96. The van der Waals surface area contributed by atoms with Crippen LogP contribution in [0.2, 0.25) is 0 Å². The van der Waals surface area contributed by atoms with E-state index in [-0.39, 0.29) is 11.3 Å². The molecule has 3 nitrogen and oxygen atoms in total. The number of aryl methyl sites for hydroxylation is 1. The standard InChI is InChI=1S/C17H22F2N2O/c18-14-4-2-13(10-15(14)19)3-5-16(22)21-9-1-6-17(12-21)7-8-20-11-17/h2,4,10,20H,1,3,5-9,11-12H2. The van der Waals surface area contributed by atoms with Crippen molar-refractivity contribution < 1.29 is 13.6 Å². The van der Waals surface area contributed by atoms with E-state index in [1.165, 1.54) is 12.5 Å². The Labute approximate surface area is 129 Å². The molecule has 120 valence electrons. The van der Waals surface area contributed by atoms with Crippen LogP contribution in [0.25, 0.3) is 0 Å². The largest absolute Gasteiger partial charge is 0.342 e. The highest BCUT2D eigenvalue weighted by Gasteiger charge is 2.39. The predicted octanol–water partition coefficient (Wildman–Crippen LogP) is 2.50. The van der Waals surface area contributed by atoms with Gasteiger partial charge in [0.1, 0.15) is 0 Å². The van der Waals surface area contributed by atoms with Crippen LogP contribution in [0.15, 0.2) is 18.2 Å². The van der Waals surface area contributed by atoms with Crippen molar-refractivity contribution in [2.24, 2.45) is 5.41 Å². The maximum atomic E-state index is 13.2. The van der Waals surface area contributed by atoms with Crippen molar-refractivity contribution in [3.63, 3.8) is 0 Å². The second-order valence-electron chi connectivity index (χ2n) is 6.59. The van der Waals surface area contributed by atoms with Gasteiger partial charge in [0.15, 0.2) is 11.6 Å². The maximum Gasteiger partial charge on any atom is 0.222 e. The van der Waals surface area contributed by atoms with Crippen molar-refractivity contribution in [3.8, 4) is 0 Å². The number of hydrogen-bond donors (Lipinski definition) is 1. The van der Waals surface area contributed by atoms with Gasteiger partial charge < -0.3 is 10.2 Å². The zero-order chi connectivity index (χ0) is 15.6. The summed E-state index contributed by atoms with van der Waals surface area (Å²) >= 11 is 0. The van der Waals surface area contributed by atoms with E-state index < -0.39 is 11.6 Å². The van der Waals surface area contributed by atoms with Crippen molar-refractivity contribution in [1.82, 2.24) is 10.2 Å². The average molecular weight is 308 g/mol. The third kappa shape index (κ3) is 3.29. The summed E-state index contributed by atoms with van der Waals surface area (Å²) in [6, 6.07) is 3.85. The molecular weight excluding hydrogens is 286 g/mol. The lowest BCUT2D eigenvalue weighted by Gasteiger charge is -2.40. The lowest BCUT2D eigenvalue weighted by atomic mass is 9.79. The molecule has 0 aliphatic carbocycles. The van der Waals surface area contributed by atoms with E-state index in [0.717, 1.165) is 45.1 Å². The molecule has 2 aliphatic rings. The molecule has 0 aromatic heterocycles. The average Bonchev–Trinajstić information content (AvgIpc) is 2.96. The van der Waals surface area contributed by atoms with Gasteiger partial charge in [-0.1, -0.05) is 6.07 Å². The lowest BCUT2D eigenvalue weighted by Crippen LogP contribution is -2.47. The second kappa shape index (κ2) is 6.32. The first-order valence-electron chi connectivity index (χ1n) is 8.00. The number of carbonyl (C=O) groups excluding carboxylic acids is 1. The Hall–Kier alpha value is -1.49. The van der Waals surface area contributed by atoms with Crippen molar-refractivity contribution in [2.45, 2.75) is 32.1 Å². The van der Waals surface area contributed by atoms with Crippen molar-refractivity contribution >= 4 is 5.91 Å². The smallest absolute Gasteiger partial charge is 0.222 e. The quantitative estimate of drug-likeness (QED) is 0.930. The lowest BCUT2D eigenvalue weighted by molar-refractivity contribution is -0.134. The van der Waals surface area contributed by atoms with E-state index in [4.69, 9.17) is 0 Å². The Bertz CT molecular complexity index is 556. The zero-order valence-corrected chi connectivity index (χ0v) is 12.7. The highest BCUT2D eigenvalue weighted by molar-refractivity contribution is 5.76. The number of carbonyl (C=O) groups is 1. The fraction of sp³-hybridized carbons (Fsp3) is 0.588. The summed E-state index contributed by atoms with van der Waals surface area (Å²) in [4.78, 5) is 14.4. The second-order valence-corrected chi connectivity index (χ2v) is 6.59. The van der Waals surface area contributed by atoms with Gasteiger partial charge in [-0.15, -0.1) is 0 Å². The number of benzene rings is 1. The van der Waals surface area contributed by atoms with E-state index in [9.17, 15) is 13.6 Å². The molecule has 0 radical (unpaired) electrons. The Morgan fingerprint density at radius 3 is 2.86 bits per heavy atom. The van der Waals surface area contributed by atoms with Gasteiger partial charge in [0.25, 0.3) is 0 Å². The molecule has 5 heteroatoms. The van der Waals surface area contributed by atoms with Crippen LogP contribution in [-0.2, 0) is 11.2 Å². The number of nitrogens with zero attached hydrogens (tertiary/aromatic N) is 1. The summed E-state index contributed by atoms with van der Waals surface area (Å²) in [5.74, 6) is -1.57. The first-order valence-corrected chi connectivity index (χ1v) is 8.00. The molecule has 3 rings (SSSR count). The summed E-state index contributed by atoms with van der Waals surface area (Å²) < 4.78 is 26.1. The van der Waals surface area contributed by atoms with Gasteiger partial charge in [-0.05, 0) is 49.9 Å². The van der Waals surface area contributed by atoms with E-state index in [2.05, 4.69) is 5.32 Å². The molecule has 1 unspecified atom stereocenters. The molecule has 0 bridgehead atoms. The maximum absolute atomic E-state index is 13.2. The number of likely N-dealkylation sites (tertiary alicyclic amines) is 1. The Morgan fingerprint density at radius 2 is 2.14 bits per heavy atom. The normalized spacial score (nSPS) is 24.9. The van der Waals surface area contributed by atoms with E-state index in [1.54, 1.807) is 6.07 Å². The summed E-state index contributed by atoms with van der Waals surface area (Å²) in [6.45, 7) is 3.69. The van der Waals surface area contributed by atoms with E-state index in [1.807, 2.05) is 4.90 Å². The minimum Gasteiger partial charge on any atom is -0.342 e. The first-order chi connectivity index (χ1) is 10.6. The summed E-state index contributed by atoms with van der Waals surface area (Å²) in [5.41, 5.74) is 0.928. The van der Waals surface area contributed by atoms with E-state index in [0.29, 0.717) is 18.4 Å². The minimum absolute atomic E-state index is 0.121. The van der Waals surface area contributed by atoms with Gasteiger partial charge in [-0.3, -0.25) is 4.79 Å². The predicted molar refractivity (Wildman–Crippen MR) is 80.4 cm³/mol. The molecule has 0 saturated carbocycles. The molecule has 22 heavy (non-hydrogen) atoms. The van der Waals surface area contributed by atoms with Crippen LogP contribution in [-0.4, -0.2) is 37.0 Å². The van der Waals surface area contributed by atoms with Gasteiger partial charge in [0.2, 0.25) is 5.91 Å². The number of hydrogen-bond acceptors (Lipinski definition) is 2. The molecule has 2 heterocycles. The van der Waals surface area contributed by atoms with Crippen molar-refractivity contribution in [1.29, 1.82) is 0 Å². The molecule has 1 aromatic carbocycles. The van der Waals surface area contributed by atoms with Crippen molar-refractivity contribution in [3.05, 3.63) is 35.4 Å². The van der Waals surface area contributed by atoms with Crippen LogP contribution < -0.4 is 5.32 Å². The van der Waals surface area contributed by atoms with Crippen molar-refractivity contribution in [2.75, 3.05) is 26.2 Å². The highest BCUT2D eigenvalue weighted by atomic mass is 19.2. The summed E-state index contributed by atoms with van der Waals surface area (Å²) in [7, 11) is 0. The zero-order valence-electron chi connectivity index (χ0n) is 12.7. The van der Waals surface area contributed by atoms with Crippen LogP contribution in [0, 0.1) is 17.0 Å². The molecule has 1 aromatic rings. The molecule has 1 spiro atoms. The summed E-state index contributed by atoms with van der Waals surface area (Å²) in [6.07, 6.45) is 4.19. The fourth-order valence-corrected chi connectivity index (χ4v) is 3.67. The van der Waals surface area contributed by atoms with Crippen LogP contribution in [0.1, 0.15) is 31.2 Å². The number of piperidine rings is 1. The molecule has 2 saturated heterocycles. The van der Waals surface area contributed by atoms with Crippen LogP contribution in [0.3, 0.4) is 0 Å². The van der Waals surface area contributed by atoms with Crippen LogP contribution in [0.5, 0.6) is 0 Å². The Balaban J connectivity index is 1.56. The van der Waals surface area contributed by atoms with Crippen LogP contribution >= 0.6 is 0 Å². The number of rotatable bonds is 3. The first kappa shape index (κ1) is 15.4. The Kier molecular flexibility index (Phi) is 4.43. The number of nitrogens with one attached hydrogen (secondary N) is 1. The SMILES string of the molecule is O=C(CCc1ccc(F)c(F)c1)N1CCCC2(CCNC2)C1. The molecule has 2 fully saturated rings. The molecule has 1 atom stereocenters. The van der Waals surface area contributed by atoms with Gasteiger partial charge in [-0.2, -0.15) is 0 Å². The number of halogens is 2. The van der Waals surface area contributed by atoms with Gasteiger partial charge in [-0.25, -0.2) is 8.78 Å². The van der Waals surface area contributed by atoms with Gasteiger partial charge >= 0.3 is 0 Å². The van der Waals surface area contributed by atoms with Gasteiger partial charge in [0, 0.05) is 31.5 Å². The summed E-state index contributed by atoms with van der Waals surface area (Å²) in [5, 5.41) is 3.40. The van der Waals surface area contributed by atoms with Crippen LogP contribution in [0.4, 0.5) is 8.78 Å². The molecule has 1 N–H and O–H groups in total. The minimum atomic E-state index is -0.848. The number of amides is 1. The van der Waals surface area contributed by atoms with E-state index >= 15 is 0 Å². The fourth-order valence-electron chi connectivity index (χ4n) is 3.67. The molecular formula is C17H22F2N2O. The molecule has 1 amide bonds. The van der Waals surface area contributed by atoms with Gasteiger partial charge in [0.05, 0.1) is 0 Å². The topological polar surface area (TPSA) is 32.3 Å². The molecule has 2 aliphatic heterocycles. The highest BCUT2D eigenvalue weighted by Crippen LogP contribution is 2.35.